The summed E-state index contributed by atoms with van der Waals surface area (Å²) in [7, 11) is 0. The summed E-state index contributed by atoms with van der Waals surface area (Å²) in [4.78, 5) is 40.7. The van der Waals surface area contributed by atoms with Crippen molar-refractivity contribution < 1.29 is 19.2 Å². The van der Waals surface area contributed by atoms with E-state index in [9.17, 15) is 19.7 Å². The number of para-hydroxylation sites is 1. The first kappa shape index (κ1) is 23.5. The van der Waals surface area contributed by atoms with Crippen LogP contribution < -0.4 is 0 Å². The summed E-state index contributed by atoms with van der Waals surface area (Å²) in [5.74, 6) is -1.29. The molecule has 0 atom stereocenters. The Hall–Kier alpha value is -3.62. The van der Waals surface area contributed by atoms with Crippen LogP contribution in [0.15, 0.2) is 71.2 Å². The van der Waals surface area contributed by atoms with E-state index in [0.29, 0.717) is 16.6 Å². The fraction of sp³-hybridized carbons (Fsp3) is 0.0800. The van der Waals surface area contributed by atoms with Crippen LogP contribution in [0.1, 0.15) is 26.3 Å². The Bertz CT molecular complexity index is 1450. The van der Waals surface area contributed by atoms with E-state index >= 15 is 0 Å². The van der Waals surface area contributed by atoms with E-state index in [-0.39, 0.29) is 16.1 Å². The molecule has 1 aromatic heterocycles. The SMILES string of the molecule is Cc1cccc2c(C(=O)OCC(=O)c3ccc(Cl)c([N+](=O)[O-])c3)cc(-c3ccc(Br)cc3)nc12. The average Bonchev–Trinajstić information content (AvgIpc) is 2.82. The fourth-order valence-corrected chi connectivity index (χ4v) is 3.90. The van der Waals surface area contributed by atoms with Crippen LogP contribution in [-0.4, -0.2) is 28.3 Å². The number of rotatable bonds is 6. The number of aryl methyl sites for hydroxylation is 1. The molecule has 170 valence electrons. The van der Waals surface area contributed by atoms with E-state index in [0.717, 1.165) is 21.7 Å². The number of pyridine rings is 1. The minimum Gasteiger partial charge on any atom is -0.454 e. The Balaban J connectivity index is 1.65. The van der Waals surface area contributed by atoms with Gasteiger partial charge in [0.25, 0.3) is 5.69 Å². The third-order valence-corrected chi connectivity index (χ3v) is 6.05. The number of hydrogen-bond donors (Lipinski definition) is 0. The average molecular weight is 540 g/mol. The van der Waals surface area contributed by atoms with Crippen LogP contribution in [-0.2, 0) is 4.74 Å². The molecule has 4 aromatic rings. The molecule has 0 amide bonds. The van der Waals surface area contributed by atoms with Crippen molar-refractivity contribution in [2.45, 2.75) is 6.92 Å². The van der Waals surface area contributed by atoms with E-state index in [2.05, 4.69) is 15.9 Å². The van der Waals surface area contributed by atoms with Gasteiger partial charge in [-0.1, -0.05) is 57.9 Å². The zero-order valence-corrected chi connectivity index (χ0v) is 20.1. The van der Waals surface area contributed by atoms with Gasteiger partial charge in [0, 0.05) is 27.1 Å². The van der Waals surface area contributed by atoms with Crippen LogP contribution in [0.5, 0.6) is 0 Å². The highest BCUT2D eigenvalue weighted by molar-refractivity contribution is 9.10. The van der Waals surface area contributed by atoms with Crippen molar-refractivity contribution in [3.05, 3.63) is 103 Å². The molecule has 1 heterocycles. The summed E-state index contributed by atoms with van der Waals surface area (Å²) in [6, 6.07) is 18.3. The van der Waals surface area contributed by atoms with Gasteiger partial charge in [-0.05, 0) is 42.8 Å². The van der Waals surface area contributed by atoms with Gasteiger partial charge in [0.15, 0.2) is 6.61 Å². The van der Waals surface area contributed by atoms with Gasteiger partial charge in [-0.15, -0.1) is 0 Å². The zero-order valence-electron chi connectivity index (χ0n) is 17.7. The molecule has 4 rings (SSSR count). The van der Waals surface area contributed by atoms with Crippen molar-refractivity contribution in [1.29, 1.82) is 0 Å². The molecule has 0 bridgehead atoms. The minimum absolute atomic E-state index is 0.0230. The molecule has 3 aromatic carbocycles. The summed E-state index contributed by atoms with van der Waals surface area (Å²) in [5, 5.41) is 11.6. The molecular formula is C25H16BrClN2O5. The van der Waals surface area contributed by atoms with Gasteiger partial charge in [-0.2, -0.15) is 0 Å². The second kappa shape index (κ2) is 9.70. The topological polar surface area (TPSA) is 99.4 Å². The first-order valence-electron chi connectivity index (χ1n) is 10.0. The Morgan fingerprint density at radius 1 is 1.09 bits per heavy atom. The van der Waals surface area contributed by atoms with Gasteiger partial charge in [0.05, 0.1) is 21.7 Å². The first-order valence-corrected chi connectivity index (χ1v) is 11.2. The summed E-state index contributed by atoms with van der Waals surface area (Å²) in [6.07, 6.45) is 0. The second-order valence-corrected chi connectivity index (χ2v) is 8.78. The Morgan fingerprint density at radius 2 is 1.82 bits per heavy atom. The third kappa shape index (κ3) is 4.83. The van der Waals surface area contributed by atoms with Crippen molar-refractivity contribution in [3.8, 4) is 11.3 Å². The molecule has 0 saturated heterocycles. The van der Waals surface area contributed by atoms with E-state index in [1.807, 2.05) is 43.3 Å². The standard InChI is InChI=1S/C25H16BrClN2O5/c1-14-3-2-4-18-19(12-21(28-24(14)18)15-5-8-17(26)9-6-15)25(31)34-13-23(30)16-7-10-20(27)22(11-16)29(32)33/h2-12H,13H2,1H3. The number of carbonyl (C=O) groups is 2. The molecular weight excluding hydrogens is 524 g/mol. The van der Waals surface area contributed by atoms with Gasteiger partial charge in [0.2, 0.25) is 5.78 Å². The number of hydrogen-bond acceptors (Lipinski definition) is 6. The number of Topliss-reactive ketones (excluding diaryl/α,β-unsaturated/α-hetero) is 1. The maximum Gasteiger partial charge on any atom is 0.339 e. The highest BCUT2D eigenvalue weighted by atomic mass is 79.9. The number of nitrogens with zero attached hydrogens (tertiary/aromatic N) is 2. The summed E-state index contributed by atoms with van der Waals surface area (Å²) in [5.41, 5.74) is 2.82. The van der Waals surface area contributed by atoms with Crippen LogP contribution in [0.25, 0.3) is 22.2 Å². The van der Waals surface area contributed by atoms with Crippen LogP contribution in [0, 0.1) is 17.0 Å². The summed E-state index contributed by atoms with van der Waals surface area (Å²) in [6.45, 7) is 1.31. The number of aromatic nitrogens is 1. The van der Waals surface area contributed by atoms with Crippen molar-refractivity contribution in [3.63, 3.8) is 0 Å². The zero-order chi connectivity index (χ0) is 24.4. The van der Waals surface area contributed by atoms with Gasteiger partial charge >= 0.3 is 5.97 Å². The molecule has 0 saturated carbocycles. The lowest BCUT2D eigenvalue weighted by atomic mass is 10.0. The lowest BCUT2D eigenvalue weighted by Gasteiger charge is -2.11. The highest BCUT2D eigenvalue weighted by Crippen LogP contribution is 2.29. The van der Waals surface area contributed by atoms with Crippen LogP contribution in [0.2, 0.25) is 5.02 Å². The molecule has 0 fully saturated rings. The molecule has 0 spiro atoms. The number of halogens is 2. The van der Waals surface area contributed by atoms with Crippen LogP contribution in [0.3, 0.4) is 0 Å². The summed E-state index contributed by atoms with van der Waals surface area (Å²) >= 11 is 9.20. The molecule has 0 aliphatic rings. The number of carbonyl (C=O) groups excluding carboxylic acids is 2. The quantitative estimate of drug-likeness (QED) is 0.119. The maximum atomic E-state index is 13.0. The second-order valence-electron chi connectivity index (χ2n) is 7.46. The molecule has 0 aliphatic carbocycles. The largest absolute Gasteiger partial charge is 0.454 e. The number of nitro groups is 1. The number of esters is 1. The first-order chi connectivity index (χ1) is 16.2. The maximum absolute atomic E-state index is 13.0. The van der Waals surface area contributed by atoms with Crippen molar-refractivity contribution in [2.75, 3.05) is 6.61 Å². The lowest BCUT2D eigenvalue weighted by Crippen LogP contribution is -2.15. The molecule has 34 heavy (non-hydrogen) atoms. The Labute approximate surface area is 207 Å². The van der Waals surface area contributed by atoms with Gasteiger partial charge in [0.1, 0.15) is 5.02 Å². The predicted molar refractivity (Wildman–Crippen MR) is 132 cm³/mol. The third-order valence-electron chi connectivity index (χ3n) is 5.20. The predicted octanol–water partition coefficient (Wildman–Crippen LogP) is 6.57. The molecule has 0 N–H and O–H groups in total. The van der Waals surface area contributed by atoms with Crippen molar-refractivity contribution in [1.82, 2.24) is 4.98 Å². The number of benzene rings is 3. The van der Waals surface area contributed by atoms with Gasteiger partial charge < -0.3 is 4.74 Å². The highest BCUT2D eigenvalue weighted by Gasteiger charge is 2.20. The molecule has 7 nitrogen and oxygen atoms in total. The molecule has 0 unspecified atom stereocenters. The number of ether oxygens (including phenoxy) is 1. The lowest BCUT2D eigenvalue weighted by molar-refractivity contribution is -0.384. The number of fused-ring (bicyclic) bond motifs is 1. The van der Waals surface area contributed by atoms with E-state index in [4.69, 9.17) is 21.3 Å². The van der Waals surface area contributed by atoms with E-state index in [1.165, 1.54) is 12.1 Å². The number of nitro benzene ring substituents is 1. The molecule has 0 radical (unpaired) electrons. The van der Waals surface area contributed by atoms with E-state index in [1.54, 1.807) is 12.1 Å². The van der Waals surface area contributed by atoms with Gasteiger partial charge in [-0.3, -0.25) is 14.9 Å². The monoisotopic (exact) mass is 538 g/mol. The fourth-order valence-electron chi connectivity index (χ4n) is 3.45. The molecule has 9 heteroatoms. The van der Waals surface area contributed by atoms with Crippen LogP contribution >= 0.6 is 27.5 Å². The Kier molecular flexibility index (Phi) is 6.72. The van der Waals surface area contributed by atoms with Crippen molar-refractivity contribution >= 4 is 55.9 Å². The summed E-state index contributed by atoms with van der Waals surface area (Å²) < 4.78 is 6.22. The van der Waals surface area contributed by atoms with E-state index < -0.39 is 29.0 Å². The Morgan fingerprint density at radius 3 is 2.53 bits per heavy atom. The normalized spacial score (nSPS) is 10.8. The van der Waals surface area contributed by atoms with Gasteiger partial charge in [-0.25, -0.2) is 9.78 Å². The van der Waals surface area contributed by atoms with Crippen molar-refractivity contribution in [2.24, 2.45) is 0 Å². The molecule has 0 aliphatic heterocycles. The minimum atomic E-state index is -0.701. The smallest absolute Gasteiger partial charge is 0.339 e. The van der Waals surface area contributed by atoms with Crippen LogP contribution in [0.4, 0.5) is 5.69 Å². The number of ketones is 1.